The molecule has 0 aromatic heterocycles. The minimum Gasteiger partial charge on any atom is -0.386 e. The minimum atomic E-state index is -1.00. The molecule has 87 valence electrons. The normalized spacial score (nSPS) is 15.6. The summed E-state index contributed by atoms with van der Waals surface area (Å²) in [5.74, 6) is 0. The first-order valence-corrected chi connectivity index (χ1v) is 5.69. The van der Waals surface area contributed by atoms with Crippen molar-refractivity contribution in [2.24, 2.45) is 5.41 Å². The van der Waals surface area contributed by atoms with Gasteiger partial charge in [-0.1, -0.05) is 50.2 Å². The van der Waals surface area contributed by atoms with Gasteiger partial charge in [-0.3, -0.25) is 0 Å². The van der Waals surface area contributed by atoms with E-state index in [2.05, 4.69) is 0 Å². The maximum Gasteiger partial charge on any atom is 0.0856 e. The molecule has 1 aromatic carbocycles. The van der Waals surface area contributed by atoms with Gasteiger partial charge >= 0.3 is 0 Å². The van der Waals surface area contributed by atoms with Gasteiger partial charge in [-0.15, -0.1) is 0 Å². The number of aliphatic hydroxyl groups is 1. The van der Waals surface area contributed by atoms with Gasteiger partial charge in [0.2, 0.25) is 0 Å². The molecule has 0 spiro atoms. The third-order valence-corrected chi connectivity index (χ3v) is 3.46. The zero-order valence-corrected chi connectivity index (χ0v) is 10.8. The second kappa shape index (κ2) is 4.60. The van der Waals surface area contributed by atoms with Crippen LogP contribution in [0.4, 0.5) is 0 Å². The number of benzene rings is 1. The van der Waals surface area contributed by atoms with E-state index in [-0.39, 0.29) is 5.41 Å². The molecule has 0 saturated heterocycles. The molecule has 0 amide bonds. The maximum absolute atomic E-state index is 10.2. The van der Waals surface area contributed by atoms with Crippen LogP contribution in [-0.2, 0) is 6.42 Å². The van der Waals surface area contributed by atoms with Crippen LogP contribution in [0.15, 0.2) is 30.3 Å². The first-order chi connectivity index (χ1) is 7.28. The van der Waals surface area contributed by atoms with E-state index in [9.17, 15) is 5.11 Å². The smallest absolute Gasteiger partial charge is 0.0856 e. The van der Waals surface area contributed by atoms with Gasteiger partial charge in [0, 0.05) is 10.4 Å². The molecule has 0 aliphatic rings. The average molecular weight is 238 g/mol. The van der Waals surface area contributed by atoms with Crippen molar-refractivity contribution in [2.75, 3.05) is 0 Å². The van der Waals surface area contributed by atoms with E-state index >= 15 is 0 Å². The van der Waals surface area contributed by atoms with Crippen molar-refractivity contribution in [1.82, 2.24) is 0 Å². The SMILES string of the molecule is [CH]=CC(C)(O)C(C)(C)Cc1cccc(Cl)c1. The zero-order chi connectivity index (χ0) is 12.4. The Labute approximate surface area is 103 Å². The van der Waals surface area contributed by atoms with Gasteiger partial charge in [-0.2, -0.15) is 0 Å². The van der Waals surface area contributed by atoms with Gasteiger partial charge in [-0.25, -0.2) is 0 Å². The highest BCUT2D eigenvalue weighted by Crippen LogP contribution is 2.35. The summed E-state index contributed by atoms with van der Waals surface area (Å²) in [7, 11) is 0. The van der Waals surface area contributed by atoms with Crippen LogP contribution in [0.1, 0.15) is 26.3 Å². The molecule has 0 fully saturated rings. The summed E-state index contributed by atoms with van der Waals surface area (Å²) >= 11 is 5.93. The summed E-state index contributed by atoms with van der Waals surface area (Å²) in [6.07, 6.45) is 2.06. The van der Waals surface area contributed by atoms with Crippen molar-refractivity contribution in [2.45, 2.75) is 32.8 Å². The van der Waals surface area contributed by atoms with Crippen LogP contribution in [0.25, 0.3) is 0 Å². The second-order valence-corrected chi connectivity index (χ2v) is 5.44. The average Bonchev–Trinajstić information content (AvgIpc) is 2.16. The Morgan fingerprint density at radius 2 is 2.00 bits per heavy atom. The van der Waals surface area contributed by atoms with Crippen LogP contribution < -0.4 is 0 Å². The summed E-state index contributed by atoms with van der Waals surface area (Å²) in [6, 6.07) is 7.66. The Morgan fingerprint density at radius 1 is 1.38 bits per heavy atom. The summed E-state index contributed by atoms with van der Waals surface area (Å²) in [5, 5.41) is 10.9. The summed E-state index contributed by atoms with van der Waals surface area (Å²) in [6.45, 7) is 11.2. The minimum absolute atomic E-state index is 0.341. The molecule has 0 bridgehead atoms. The summed E-state index contributed by atoms with van der Waals surface area (Å²) < 4.78 is 0. The van der Waals surface area contributed by atoms with E-state index in [0.717, 1.165) is 5.56 Å². The Hall–Kier alpha value is -0.790. The molecule has 16 heavy (non-hydrogen) atoms. The van der Waals surface area contributed by atoms with E-state index < -0.39 is 5.60 Å². The topological polar surface area (TPSA) is 20.2 Å². The van der Waals surface area contributed by atoms with E-state index in [1.54, 1.807) is 6.92 Å². The van der Waals surface area contributed by atoms with Crippen molar-refractivity contribution < 1.29 is 5.11 Å². The van der Waals surface area contributed by atoms with Crippen LogP contribution in [-0.4, -0.2) is 10.7 Å². The van der Waals surface area contributed by atoms with E-state index in [0.29, 0.717) is 11.4 Å². The molecule has 0 saturated carbocycles. The lowest BCUT2D eigenvalue weighted by Gasteiger charge is -2.38. The van der Waals surface area contributed by atoms with E-state index in [1.807, 2.05) is 38.1 Å². The molecule has 1 N–H and O–H groups in total. The molecule has 0 aliphatic carbocycles. The Morgan fingerprint density at radius 3 is 2.50 bits per heavy atom. The van der Waals surface area contributed by atoms with Gasteiger partial charge < -0.3 is 5.11 Å². The van der Waals surface area contributed by atoms with Crippen LogP contribution in [0, 0.1) is 12.0 Å². The molecule has 1 atom stereocenters. The third-order valence-electron chi connectivity index (χ3n) is 3.23. The van der Waals surface area contributed by atoms with Gasteiger partial charge in [0.05, 0.1) is 5.60 Å². The molecule has 1 unspecified atom stereocenters. The molecule has 0 aliphatic heterocycles. The van der Waals surface area contributed by atoms with Crippen molar-refractivity contribution in [3.63, 3.8) is 0 Å². The van der Waals surface area contributed by atoms with Gasteiger partial charge in [-0.05, 0) is 31.0 Å². The molecule has 2 heteroatoms. The van der Waals surface area contributed by atoms with Crippen molar-refractivity contribution >= 4 is 11.6 Å². The first-order valence-electron chi connectivity index (χ1n) is 5.31. The van der Waals surface area contributed by atoms with E-state index in [4.69, 9.17) is 18.2 Å². The highest BCUT2D eigenvalue weighted by Gasteiger charge is 2.36. The molecular weight excluding hydrogens is 220 g/mol. The fraction of sp³-hybridized carbons (Fsp3) is 0.429. The highest BCUT2D eigenvalue weighted by atomic mass is 35.5. The number of hydrogen-bond donors (Lipinski definition) is 1. The predicted molar refractivity (Wildman–Crippen MR) is 68.4 cm³/mol. The fourth-order valence-electron chi connectivity index (χ4n) is 1.56. The summed E-state index contributed by atoms with van der Waals surface area (Å²) in [5.41, 5.74) is -0.249. The first kappa shape index (κ1) is 13.3. The van der Waals surface area contributed by atoms with Crippen LogP contribution in [0.2, 0.25) is 5.02 Å². The standard InChI is InChI=1S/C14H18ClO/c1-5-14(4,16)13(2,3)10-11-7-6-8-12(15)9-11/h1,5-9,16H,10H2,2-4H3. The second-order valence-electron chi connectivity index (χ2n) is 5.00. The highest BCUT2D eigenvalue weighted by molar-refractivity contribution is 6.30. The number of halogens is 1. The fourth-order valence-corrected chi connectivity index (χ4v) is 1.77. The van der Waals surface area contributed by atoms with Crippen LogP contribution in [0.5, 0.6) is 0 Å². The molecule has 1 nitrogen and oxygen atoms in total. The van der Waals surface area contributed by atoms with Crippen molar-refractivity contribution in [3.05, 3.63) is 47.5 Å². The molecule has 1 aromatic rings. The third kappa shape index (κ3) is 2.87. The lowest BCUT2D eigenvalue weighted by atomic mass is 9.72. The Balaban J connectivity index is 2.92. The molecular formula is C14H18ClO. The molecule has 1 rings (SSSR count). The number of rotatable bonds is 4. The lowest BCUT2D eigenvalue weighted by molar-refractivity contribution is -0.00768. The van der Waals surface area contributed by atoms with Gasteiger partial charge in [0.1, 0.15) is 0 Å². The predicted octanol–water partition coefficient (Wildman–Crippen LogP) is 3.65. The maximum atomic E-state index is 10.2. The Bertz CT molecular complexity index is 380. The van der Waals surface area contributed by atoms with Crippen molar-refractivity contribution in [3.8, 4) is 0 Å². The Kier molecular flexibility index (Phi) is 3.82. The van der Waals surface area contributed by atoms with E-state index in [1.165, 1.54) is 6.08 Å². The van der Waals surface area contributed by atoms with Crippen molar-refractivity contribution in [1.29, 1.82) is 0 Å². The van der Waals surface area contributed by atoms with Crippen LogP contribution >= 0.6 is 11.6 Å². The van der Waals surface area contributed by atoms with Gasteiger partial charge in [0.15, 0.2) is 0 Å². The van der Waals surface area contributed by atoms with Crippen LogP contribution in [0.3, 0.4) is 0 Å². The lowest BCUT2D eigenvalue weighted by Crippen LogP contribution is -2.41. The summed E-state index contributed by atoms with van der Waals surface area (Å²) in [4.78, 5) is 0. The quantitative estimate of drug-likeness (QED) is 0.848. The molecule has 1 radical (unpaired) electrons. The van der Waals surface area contributed by atoms with Gasteiger partial charge in [0.25, 0.3) is 0 Å². The number of hydrogen-bond acceptors (Lipinski definition) is 1. The largest absolute Gasteiger partial charge is 0.386 e. The zero-order valence-electron chi connectivity index (χ0n) is 10.00. The molecule has 0 heterocycles. The monoisotopic (exact) mass is 237 g/mol.